The average molecular weight is 340 g/mol. The van der Waals surface area contributed by atoms with E-state index in [2.05, 4.69) is 62.1 Å². The van der Waals surface area contributed by atoms with Crippen molar-refractivity contribution in [3.63, 3.8) is 0 Å². The van der Waals surface area contributed by atoms with Crippen LogP contribution >= 0.6 is 0 Å². The van der Waals surface area contributed by atoms with E-state index in [4.69, 9.17) is 0 Å². The maximum atomic E-state index is 10.3. The van der Waals surface area contributed by atoms with E-state index in [1.165, 1.54) is 10.5 Å². The highest BCUT2D eigenvalue weighted by Crippen LogP contribution is 2.23. The second kappa shape index (κ2) is 9.23. The first kappa shape index (κ1) is 19.0. The topological polar surface area (TPSA) is 40.3 Å². The van der Waals surface area contributed by atoms with Crippen LogP contribution in [0.15, 0.2) is 53.5 Å². The Kier molecular flexibility index (Phi) is 7.02. The van der Waals surface area contributed by atoms with Crippen LogP contribution in [-0.4, -0.2) is 45.1 Å². The van der Waals surface area contributed by atoms with Gasteiger partial charge in [-0.3, -0.25) is 4.99 Å². The Morgan fingerprint density at radius 2 is 1.76 bits per heavy atom. The number of aromatic hydroxyl groups is 1. The van der Waals surface area contributed by atoms with Crippen LogP contribution in [0.2, 0.25) is 0 Å². The van der Waals surface area contributed by atoms with Gasteiger partial charge >= 0.3 is 0 Å². The van der Waals surface area contributed by atoms with Gasteiger partial charge in [-0.15, -0.1) is 0 Å². The summed E-state index contributed by atoms with van der Waals surface area (Å²) in [5.41, 5.74) is 3.08. The molecule has 0 aromatic heterocycles. The summed E-state index contributed by atoms with van der Waals surface area (Å²) in [5.74, 6) is 0.279. The molecule has 0 fully saturated rings. The minimum absolute atomic E-state index is 0.279. The molecular weight excluding hydrogens is 310 g/mol. The summed E-state index contributed by atoms with van der Waals surface area (Å²) in [7, 11) is 4.28. The Hall–Kier alpha value is -2.33. The van der Waals surface area contributed by atoms with Gasteiger partial charge in [0.15, 0.2) is 0 Å². The largest absolute Gasteiger partial charge is 0.507 e. The van der Waals surface area contributed by atoms with E-state index in [0.29, 0.717) is 12.6 Å². The monoisotopic (exact) mass is 340 g/mol. The molecule has 0 aliphatic rings. The summed E-state index contributed by atoms with van der Waals surface area (Å²) in [5, 5.41) is 10.3. The van der Waals surface area contributed by atoms with Crippen LogP contribution in [0.1, 0.15) is 31.0 Å². The van der Waals surface area contributed by atoms with Crippen LogP contribution in [0.3, 0.4) is 0 Å². The third-order valence-electron chi connectivity index (χ3n) is 4.56. The van der Waals surface area contributed by atoms with Gasteiger partial charge in [0.2, 0.25) is 0 Å². The fourth-order valence-corrected chi connectivity index (χ4v) is 2.99. The number of phenols is 1. The van der Waals surface area contributed by atoms with E-state index >= 15 is 0 Å². The van der Waals surface area contributed by atoms with E-state index in [0.717, 1.165) is 24.3 Å². The highest BCUT2D eigenvalue weighted by atomic mass is 16.3. The molecule has 2 aromatic rings. The van der Waals surface area contributed by atoms with Crippen LogP contribution in [-0.2, 0) is 0 Å². The molecule has 0 aliphatic carbocycles. The number of hydrogen-bond acceptors (Lipinski definition) is 3. The van der Waals surface area contributed by atoms with E-state index in [1.54, 1.807) is 6.21 Å². The minimum atomic E-state index is 0.279. The lowest BCUT2D eigenvalue weighted by molar-refractivity contribution is -0.890. The second-order valence-corrected chi connectivity index (χ2v) is 6.45. The molecular formula is C21H30N3O+. The summed E-state index contributed by atoms with van der Waals surface area (Å²) in [6.07, 6.45) is 1.78. The molecule has 4 heteroatoms. The van der Waals surface area contributed by atoms with Crippen molar-refractivity contribution in [1.82, 2.24) is 0 Å². The molecule has 0 unspecified atom stereocenters. The van der Waals surface area contributed by atoms with Crippen LogP contribution < -0.4 is 9.80 Å². The second-order valence-electron chi connectivity index (χ2n) is 6.45. The van der Waals surface area contributed by atoms with Gasteiger partial charge in [-0.05, 0) is 26.0 Å². The summed E-state index contributed by atoms with van der Waals surface area (Å²) in [6.45, 7) is 6.76. The van der Waals surface area contributed by atoms with Crippen molar-refractivity contribution < 1.29 is 10.0 Å². The van der Waals surface area contributed by atoms with E-state index in [-0.39, 0.29) is 5.75 Å². The molecule has 134 valence electrons. The van der Waals surface area contributed by atoms with Crippen LogP contribution in [0.5, 0.6) is 5.75 Å². The number of rotatable bonds is 8. The fourth-order valence-electron chi connectivity index (χ4n) is 2.99. The quantitative estimate of drug-likeness (QED) is 0.725. The van der Waals surface area contributed by atoms with Crippen LogP contribution in [0.4, 0.5) is 5.69 Å². The molecule has 0 bridgehead atoms. The van der Waals surface area contributed by atoms with Crippen molar-refractivity contribution in [3.8, 4) is 5.75 Å². The molecule has 0 radical (unpaired) electrons. The Bertz CT molecular complexity index is 679. The molecule has 1 atom stereocenters. The van der Waals surface area contributed by atoms with Crippen molar-refractivity contribution in [2.24, 2.45) is 4.99 Å². The van der Waals surface area contributed by atoms with Crippen molar-refractivity contribution in [2.75, 3.05) is 38.6 Å². The molecule has 0 amide bonds. The van der Waals surface area contributed by atoms with Crippen molar-refractivity contribution in [2.45, 2.75) is 19.9 Å². The highest BCUT2D eigenvalue weighted by Gasteiger charge is 2.16. The van der Waals surface area contributed by atoms with Gasteiger partial charge in [-0.2, -0.15) is 0 Å². The molecule has 2 rings (SSSR count). The number of likely N-dealkylation sites (N-methyl/N-ethyl adjacent to an activating group) is 1. The maximum absolute atomic E-state index is 10.3. The number of benzene rings is 2. The summed E-state index contributed by atoms with van der Waals surface area (Å²) < 4.78 is 0. The number of hydrogen-bond donors (Lipinski definition) is 2. The molecule has 0 heterocycles. The van der Waals surface area contributed by atoms with Gasteiger partial charge in [-0.25, -0.2) is 0 Å². The molecule has 4 nitrogen and oxygen atoms in total. The lowest BCUT2D eigenvalue weighted by Crippen LogP contribution is -3.06. The maximum Gasteiger partial charge on any atom is 0.132 e. The summed E-state index contributed by atoms with van der Waals surface area (Å²) in [6, 6.07) is 16.5. The number of nitrogens with zero attached hydrogens (tertiary/aromatic N) is 2. The van der Waals surface area contributed by atoms with Crippen molar-refractivity contribution in [3.05, 3.63) is 59.7 Å². The van der Waals surface area contributed by atoms with Crippen LogP contribution in [0.25, 0.3) is 0 Å². The predicted molar refractivity (Wildman–Crippen MR) is 106 cm³/mol. The number of phenolic OH excluding ortho intramolecular Hbond substituents is 1. The first-order chi connectivity index (χ1) is 12.1. The summed E-state index contributed by atoms with van der Waals surface area (Å²) in [4.78, 5) is 8.14. The third kappa shape index (κ3) is 5.07. The number of anilines is 1. The Balaban J connectivity index is 2.10. The highest BCUT2D eigenvalue weighted by molar-refractivity contribution is 5.84. The van der Waals surface area contributed by atoms with Gasteiger partial charge in [0.1, 0.15) is 11.8 Å². The number of quaternary nitrogens is 1. The van der Waals surface area contributed by atoms with Gasteiger partial charge < -0.3 is 14.9 Å². The van der Waals surface area contributed by atoms with Crippen molar-refractivity contribution >= 4 is 11.9 Å². The Morgan fingerprint density at radius 3 is 2.32 bits per heavy atom. The van der Waals surface area contributed by atoms with E-state index in [9.17, 15) is 5.11 Å². The standard InChI is InChI=1S/C21H29N3O/c1-5-24(6-2)19-13-12-18(21(25)14-19)15-22-16-20(23(3)4)17-10-8-7-9-11-17/h7-15,20,25H,5-6,16H2,1-4H3/p+1/t20-/m0/s1. The molecule has 0 saturated carbocycles. The van der Waals surface area contributed by atoms with Gasteiger partial charge in [-0.1, -0.05) is 30.3 Å². The molecule has 0 aliphatic heterocycles. The first-order valence-electron chi connectivity index (χ1n) is 8.99. The third-order valence-corrected chi connectivity index (χ3v) is 4.56. The normalized spacial score (nSPS) is 12.7. The lowest BCUT2D eigenvalue weighted by atomic mass is 10.1. The Labute approximate surface area is 151 Å². The molecule has 2 N–H and O–H groups in total. The first-order valence-corrected chi connectivity index (χ1v) is 8.99. The zero-order valence-electron chi connectivity index (χ0n) is 15.7. The zero-order valence-corrected chi connectivity index (χ0v) is 15.7. The van der Waals surface area contributed by atoms with Crippen molar-refractivity contribution in [1.29, 1.82) is 0 Å². The average Bonchev–Trinajstić information content (AvgIpc) is 2.61. The Morgan fingerprint density at radius 1 is 1.08 bits per heavy atom. The number of nitrogens with one attached hydrogen (secondary N) is 1. The van der Waals surface area contributed by atoms with Gasteiger partial charge in [0, 0.05) is 42.2 Å². The van der Waals surface area contributed by atoms with Crippen LogP contribution in [0, 0.1) is 0 Å². The predicted octanol–water partition coefficient (Wildman–Crippen LogP) is 2.54. The molecule has 2 aromatic carbocycles. The SMILES string of the molecule is CCN(CC)c1ccc(C=NC[C@@H](c2ccccc2)[NH+](C)C)c(O)c1. The fraction of sp³-hybridized carbons (Fsp3) is 0.381. The molecule has 0 saturated heterocycles. The zero-order chi connectivity index (χ0) is 18.2. The molecule has 0 spiro atoms. The van der Waals surface area contributed by atoms with Gasteiger partial charge in [0.25, 0.3) is 0 Å². The lowest BCUT2D eigenvalue weighted by Gasteiger charge is -2.21. The van der Waals surface area contributed by atoms with E-state index in [1.807, 2.05) is 24.3 Å². The molecule has 25 heavy (non-hydrogen) atoms. The minimum Gasteiger partial charge on any atom is -0.507 e. The van der Waals surface area contributed by atoms with E-state index < -0.39 is 0 Å². The number of aliphatic imine (C=N–C) groups is 1. The van der Waals surface area contributed by atoms with Gasteiger partial charge in [0.05, 0.1) is 20.6 Å². The smallest absolute Gasteiger partial charge is 0.132 e. The summed E-state index contributed by atoms with van der Waals surface area (Å²) >= 11 is 0.